The van der Waals surface area contributed by atoms with Crippen molar-refractivity contribution in [2.45, 2.75) is 32.0 Å². The average molecular weight is 204 g/mol. The third kappa shape index (κ3) is 2.21. The van der Waals surface area contributed by atoms with Crippen molar-refractivity contribution in [3.8, 4) is 5.75 Å². The van der Waals surface area contributed by atoms with E-state index in [0.29, 0.717) is 5.75 Å². The van der Waals surface area contributed by atoms with Crippen molar-refractivity contribution in [2.75, 3.05) is 0 Å². The van der Waals surface area contributed by atoms with Gasteiger partial charge < -0.3 is 9.84 Å². The van der Waals surface area contributed by atoms with Gasteiger partial charge in [0.15, 0.2) is 0 Å². The zero-order valence-electron chi connectivity index (χ0n) is 8.94. The Bertz CT molecular complexity index is 371. The number of rotatable bonds is 1. The zero-order chi connectivity index (χ0) is 10.8. The first kappa shape index (κ1) is 10.2. The van der Waals surface area contributed by atoms with E-state index in [-0.39, 0.29) is 12.2 Å². The molecule has 1 heterocycles. The molecule has 0 aliphatic carbocycles. The van der Waals surface area contributed by atoms with Crippen LogP contribution in [0.15, 0.2) is 36.4 Å². The lowest BCUT2D eigenvalue weighted by Gasteiger charge is -2.30. The van der Waals surface area contributed by atoms with Gasteiger partial charge in [0, 0.05) is 5.56 Å². The summed E-state index contributed by atoms with van der Waals surface area (Å²) in [6.45, 7) is 6.05. The Morgan fingerprint density at radius 2 is 2.07 bits per heavy atom. The van der Waals surface area contributed by atoms with Crippen LogP contribution in [-0.4, -0.2) is 11.2 Å². The van der Waals surface area contributed by atoms with Gasteiger partial charge in [-0.15, -0.1) is 0 Å². The largest absolute Gasteiger partial charge is 0.508 e. The normalized spacial score (nSPS) is 26.6. The monoisotopic (exact) mass is 204 g/mol. The molecule has 2 nitrogen and oxygen atoms in total. The molecule has 1 fully saturated rings. The summed E-state index contributed by atoms with van der Waals surface area (Å²) in [5.74, 6) is 0.310. The third-order valence-corrected chi connectivity index (χ3v) is 2.73. The highest BCUT2D eigenvalue weighted by atomic mass is 16.5. The summed E-state index contributed by atoms with van der Waals surface area (Å²) < 4.78 is 5.80. The minimum absolute atomic E-state index is 0.0394. The summed E-state index contributed by atoms with van der Waals surface area (Å²) in [6, 6.07) is 7.34. The molecule has 15 heavy (non-hydrogen) atoms. The van der Waals surface area contributed by atoms with Gasteiger partial charge in [-0.3, -0.25) is 0 Å². The van der Waals surface area contributed by atoms with Crippen molar-refractivity contribution < 1.29 is 9.84 Å². The van der Waals surface area contributed by atoms with E-state index in [2.05, 4.69) is 6.58 Å². The van der Waals surface area contributed by atoms with Gasteiger partial charge in [-0.05, 0) is 25.8 Å². The molecular formula is C13H16O2. The molecule has 1 saturated heterocycles. The SMILES string of the molecule is C=C1C[C@@H](c2ccccc2O)O[C@@H](C)C1. The van der Waals surface area contributed by atoms with Gasteiger partial charge in [-0.25, -0.2) is 0 Å². The maximum Gasteiger partial charge on any atom is 0.121 e. The first-order valence-electron chi connectivity index (χ1n) is 5.27. The molecule has 0 bridgehead atoms. The van der Waals surface area contributed by atoms with Crippen molar-refractivity contribution >= 4 is 0 Å². The summed E-state index contributed by atoms with van der Waals surface area (Å²) >= 11 is 0. The maximum absolute atomic E-state index is 9.73. The molecule has 2 heteroatoms. The molecule has 1 aromatic carbocycles. The first-order valence-corrected chi connectivity index (χ1v) is 5.27. The van der Waals surface area contributed by atoms with E-state index in [1.54, 1.807) is 6.07 Å². The van der Waals surface area contributed by atoms with Crippen molar-refractivity contribution in [3.63, 3.8) is 0 Å². The minimum atomic E-state index is -0.0394. The van der Waals surface area contributed by atoms with Gasteiger partial charge in [0.2, 0.25) is 0 Å². The Labute approximate surface area is 90.2 Å². The van der Waals surface area contributed by atoms with Crippen LogP contribution in [0.3, 0.4) is 0 Å². The second-order valence-electron chi connectivity index (χ2n) is 4.15. The number of hydrogen-bond acceptors (Lipinski definition) is 2. The molecule has 0 aromatic heterocycles. The number of aromatic hydroxyl groups is 1. The highest BCUT2D eigenvalue weighted by Crippen LogP contribution is 2.37. The number of hydrogen-bond donors (Lipinski definition) is 1. The molecule has 0 spiro atoms. The van der Waals surface area contributed by atoms with E-state index < -0.39 is 0 Å². The number of phenols is 1. The fraction of sp³-hybridized carbons (Fsp3) is 0.385. The van der Waals surface area contributed by atoms with Crippen LogP contribution in [0.1, 0.15) is 31.4 Å². The van der Waals surface area contributed by atoms with Gasteiger partial charge >= 0.3 is 0 Å². The minimum Gasteiger partial charge on any atom is -0.508 e. The van der Waals surface area contributed by atoms with Crippen LogP contribution in [0.4, 0.5) is 0 Å². The van der Waals surface area contributed by atoms with E-state index in [0.717, 1.165) is 18.4 Å². The zero-order valence-corrected chi connectivity index (χ0v) is 8.94. The molecule has 0 radical (unpaired) electrons. The molecule has 2 rings (SSSR count). The molecule has 0 saturated carbocycles. The lowest BCUT2D eigenvalue weighted by Crippen LogP contribution is -2.20. The van der Waals surface area contributed by atoms with Crippen molar-refractivity contribution in [3.05, 3.63) is 42.0 Å². The number of ether oxygens (including phenoxy) is 1. The van der Waals surface area contributed by atoms with Crippen molar-refractivity contribution in [2.24, 2.45) is 0 Å². The van der Waals surface area contributed by atoms with E-state index >= 15 is 0 Å². The van der Waals surface area contributed by atoms with Crippen LogP contribution < -0.4 is 0 Å². The lowest BCUT2D eigenvalue weighted by atomic mass is 9.95. The van der Waals surface area contributed by atoms with Gasteiger partial charge in [0.1, 0.15) is 5.75 Å². The van der Waals surface area contributed by atoms with E-state index in [1.807, 2.05) is 25.1 Å². The smallest absolute Gasteiger partial charge is 0.121 e. The van der Waals surface area contributed by atoms with Crippen LogP contribution in [-0.2, 0) is 4.74 Å². The van der Waals surface area contributed by atoms with Crippen molar-refractivity contribution in [1.82, 2.24) is 0 Å². The second-order valence-corrected chi connectivity index (χ2v) is 4.15. The van der Waals surface area contributed by atoms with E-state index in [9.17, 15) is 5.11 Å². The van der Waals surface area contributed by atoms with Gasteiger partial charge in [-0.2, -0.15) is 0 Å². The third-order valence-electron chi connectivity index (χ3n) is 2.73. The van der Waals surface area contributed by atoms with Crippen LogP contribution in [0, 0.1) is 0 Å². The van der Waals surface area contributed by atoms with E-state index in [1.165, 1.54) is 5.57 Å². The number of para-hydroxylation sites is 1. The summed E-state index contributed by atoms with van der Waals surface area (Å²) in [7, 11) is 0. The molecule has 1 aromatic rings. The standard InChI is InChI=1S/C13H16O2/c1-9-7-10(2)15-13(8-9)11-5-3-4-6-12(11)14/h3-6,10,13-14H,1,7-8H2,2H3/t10-,13-/m0/s1. The molecule has 1 aliphatic heterocycles. The Hall–Kier alpha value is -1.28. The highest BCUT2D eigenvalue weighted by Gasteiger charge is 2.24. The molecular weight excluding hydrogens is 188 g/mol. The summed E-state index contributed by atoms with van der Waals surface area (Å²) in [5, 5.41) is 9.73. The second kappa shape index (κ2) is 4.07. The first-order chi connectivity index (χ1) is 7.16. The maximum atomic E-state index is 9.73. The topological polar surface area (TPSA) is 29.5 Å². The molecule has 0 amide bonds. The average Bonchev–Trinajstić information content (AvgIpc) is 2.16. The Morgan fingerprint density at radius 1 is 1.33 bits per heavy atom. The van der Waals surface area contributed by atoms with Crippen LogP contribution >= 0.6 is 0 Å². The molecule has 80 valence electrons. The van der Waals surface area contributed by atoms with E-state index in [4.69, 9.17) is 4.74 Å². The molecule has 0 unspecified atom stereocenters. The highest BCUT2D eigenvalue weighted by molar-refractivity contribution is 5.34. The lowest BCUT2D eigenvalue weighted by molar-refractivity contribution is -0.0233. The van der Waals surface area contributed by atoms with Gasteiger partial charge in [-0.1, -0.05) is 30.4 Å². The fourth-order valence-electron chi connectivity index (χ4n) is 2.07. The fourth-order valence-corrected chi connectivity index (χ4v) is 2.07. The Kier molecular flexibility index (Phi) is 2.78. The number of benzene rings is 1. The summed E-state index contributed by atoms with van der Waals surface area (Å²) in [6.07, 6.45) is 1.88. The van der Waals surface area contributed by atoms with Crippen LogP contribution in [0.5, 0.6) is 5.75 Å². The quantitative estimate of drug-likeness (QED) is 0.712. The molecule has 2 atom stereocenters. The summed E-state index contributed by atoms with van der Waals surface area (Å²) in [4.78, 5) is 0. The Morgan fingerprint density at radius 3 is 2.73 bits per heavy atom. The molecule has 1 aliphatic rings. The molecule has 1 N–H and O–H groups in total. The summed E-state index contributed by atoms with van der Waals surface area (Å²) in [5.41, 5.74) is 2.06. The van der Waals surface area contributed by atoms with Gasteiger partial charge in [0.05, 0.1) is 12.2 Å². The Balaban J connectivity index is 2.23. The number of phenolic OH excluding ortho intramolecular Hbond substituents is 1. The van der Waals surface area contributed by atoms with Crippen LogP contribution in [0.25, 0.3) is 0 Å². The van der Waals surface area contributed by atoms with Gasteiger partial charge in [0.25, 0.3) is 0 Å². The predicted molar refractivity (Wildman–Crippen MR) is 59.8 cm³/mol. The van der Waals surface area contributed by atoms with Crippen LogP contribution in [0.2, 0.25) is 0 Å². The predicted octanol–water partition coefficient (Wildman–Crippen LogP) is 3.19. The van der Waals surface area contributed by atoms with Crippen molar-refractivity contribution in [1.29, 1.82) is 0 Å².